The zero-order valence-corrected chi connectivity index (χ0v) is 8.78. The van der Waals surface area contributed by atoms with Gasteiger partial charge in [0.2, 0.25) is 5.91 Å². The Morgan fingerprint density at radius 3 is 2.43 bits per heavy atom. The summed E-state index contributed by atoms with van der Waals surface area (Å²) in [6, 6.07) is 0. The van der Waals surface area contributed by atoms with Crippen LogP contribution in [0.15, 0.2) is 0 Å². The second-order valence-electron chi connectivity index (χ2n) is 4.72. The Kier molecular flexibility index (Phi) is 2.77. The van der Waals surface area contributed by atoms with E-state index < -0.39 is 0 Å². The summed E-state index contributed by atoms with van der Waals surface area (Å²) in [6.07, 6.45) is 3.88. The molecular formula is C11H19NO2. The van der Waals surface area contributed by atoms with Gasteiger partial charge in [-0.05, 0) is 17.8 Å². The first kappa shape index (κ1) is 9.97. The van der Waals surface area contributed by atoms with Crippen molar-refractivity contribution in [1.82, 2.24) is 4.90 Å². The van der Waals surface area contributed by atoms with Crippen molar-refractivity contribution in [1.29, 1.82) is 0 Å². The molecule has 0 radical (unpaired) electrons. The van der Waals surface area contributed by atoms with Gasteiger partial charge in [-0.2, -0.15) is 0 Å². The van der Waals surface area contributed by atoms with Crippen LogP contribution in [-0.4, -0.2) is 35.6 Å². The van der Waals surface area contributed by atoms with Crippen molar-refractivity contribution in [3.8, 4) is 0 Å². The van der Waals surface area contributed by atoms with Gasteiger partial charge in [-0.15, -0.1) is 0 Å². The molecular weight excluding hydrogens is 178 g/mol. The van der Waals surface area contributed by atoms with E-state index in [1.807, 2.05) is 4.90 Å². The molecule has 1 N–H and O–H groups in total. The van der Waals surface area contributed by atoms with Crippen LogP contribution in [0, 0.1) is 17.8 Å². The summed E-state index contributed by atoms with van der Waals surface area (Å²) < 4.78 is 0. The first-order chi connectivity index (χ1) is 6.72. The van der Waals surface area contributed by atoms with Crippen molar-refractivity contribution >= 4 is 5.91 Å². The van der Waals surface area contributed by atoms with Gasteiger partial charge in [0.1, 0.15) is 0 Å². The van der Waals surface area contributed by atoms with Gasteiger partial charge in [-0.1, -0.05) is 19.3 Å². The second kappa shape index (κ2) is 3.89. The maximum absolute atomic E-state index is 11.0. The molecule has 0 spiro atoms. The van der Waals surface area contributed by atoms with Crippen LogP contribution in [0.2, 0.25) is 0 Å². The van der Waals surface area contributed by atoms with Crippen LogP contribution >= 0.6 is 0 Å². The van der Waals surface area contributed by atoms with Crippen LogP contribution in [-0.2, 0) is 4.79 Å². The molecule has 1 unspecified atom stereocenters. The number of likely N-dealkylation sites (tertiary alicyclic amines) is 1. The van der Waals surface area contributed by atoms with E-state index in [1.54, 1.807) is 6.92 Å². The third-order valence-corrected chi connectivity index (χ3v) is 3.93. The van der Waals surface area contributed by atoms with Crippen LogP contribution in [0.3, 0.4) is 0 Å². The lowest BCUT2D eigenvalue weighted by molar-refractivity contribution is -0.138. The van der Waals surface area contributed by atoms with Gasteiger partial charge in [0.05, 0.1) is 0 Å². The van der Waals surface area contributed by atoms with Gasteiger partial charge in [-0.25, -0.2) is 0 Å². The van der Waals surface area contributed by atoms with E-state index in [0.717, 1.165) is 19.0 Å². The Morgan fingerprint density at radius 2 is 2.07 bits per heavy atom. The van der Waals surface area contributed by atoms with Crippen LogP contribution in [0.5, 0.6) is 0 Å². The summed E-state index contributed by atoms with van der Waals surface area (Å²) in [7, 11) is 0. The van der Waals surface area contributed by atoms with E-state index in [4.69, 9.17) is 0 Å². The molecule has 1 saturated carbocycles. The van der Waals surface area contributed by atoms with Crippen molar-refractivity contribution in [2.45, 2.75) is 26.2 Å². The number of aliphatic hydroxyl groups excluding tert-OH is 1. The third-order valence-electron chi connectivity index (χ3n) is 3.93. The van der Waals surface area contributed by atoms with Crippen LogP contribution < -0.4 is 0 Å². The summed E-state index contributed by atoms with van der Waals surface area (Å²) in [6.45, 7) is 3.67. The van der Waals surface area contributed by atoms with Crippen molar-refractivity contribution < 1.29 is 9.90 Å². The number of carbonyl (C=O) groups excluding carboxylic acids is 1. The average molecular weight is 197 g/mol. The first-order valence-electron chi connectivity index (χ1n) is 5.58. The van der Waals surface area contributed by atoms with Gasteiger partial charge in [0, 0.05) is 26.6 Å². The quantitative estimate of drug-likeness (QED) is 0.729. The predicted octanol–water partition coefficient (Wildman–Crippen LogP) is 0.873. The number of nitrogens with zero attached hydrogens (tertiary/aromatic N) is 1. The van der Waals surface area contributed by atoms with Crippen molar-refractivity contribution in [3.63, 3.8) is 0 Å². The largest absolute Gasteiger partial charge is 0.396 e. The summed E-state index contributed by atoms with van der Waals surface area (Å²) in [5.74, 6) is 1.93. The number of aliphatic hydroxyl groups is 1. The van der Waals surface area contributed by atoms with E-state index >= 15 is 0 Å². The summed E-state index contributed by atoms with van der Waals surface area (Å²) in [5, 5.41) is 9.32. The molecule has 1 saturated heterocycles. The third kappa shape index (κ3) is 1.65. The number of rotatable bonds is 3. The van der Waals surface area contributed by atoms with Gasteiger partial charge in [-0.3, -0.25) is 4.79 Å². The fraction of sp³-hybridized carbons (Fsp3) is 0.909. The molecule has 1 atom stereocenters. The molecule has 0 aromatic carbocycles. The van der Waals surface area contributed by atoms with E-state index in [9.17, 15) is 9.90 Å². The molecule has 1 heterocycles. The highest BCUT2D eigenvalue weighted by Crippen LogP contribution is 2.39. The first-order valence-corrected chi connectivity index (χ1v) is 5.58. The van der Waals surface area contributed by atoms with Gasteiger partial charge in [0.15, 0.2) is 0 Å². The smallest absolute Gasteiger partial charge is 0.219 e. The Morgan fingerprint density at radius 1 is 1.43 bits per heavy atom. The normalized spacial score (nSPS) is 25.4. The molecule has 3 heteroatoms. The minimum absolute atomic E-state index is 0.173. The number of hydrogen-bond acceptors (Lipinski definition) is 2. The second-order valence-corrected chi connectivity index (χ2v) is 4.72. The molecule has 0 bridgehead atoms. The minimum atomic E-state index is 0.173. The van der Waals surface area contributed by atoms with Gasteiger partial charge in [0.25, 0.3) is 0 Å². The maximum Gasteiger partial charge on any atom is 0.219 e. The molecule has 1 aliphatic heterocycles. The number of hydrogen-bond donors (Lipinski definition) is 1. The van der Waals surface area contributed by atoms with E-state index in [-0.39, 0.29) is 5.91 Å². The number of carbonyl (C=O) groups is 1. The molecule has 14 heavy (non-hydrogen) atoms. The molecule has 2 aliphatic rings. The molecule has 2 rings (SSSR count). The Hall–Kier alpha value is -0.570. The summed E-state index contributed by atoms with van der Waals surface area (Å²) in [5.41, 5.74) is 0. The number of amides is 1. The van der Waals surface area contributed by atoms with Crippen LogP contribution in [0.1, 0.15) is 26.2 Å². The molecule has 0 aromatic heterocycles. The van der Waals surface area contributed by atoms with Crippen LogP contribution in [0.25, 0.3) is 0 Å². The molecule has 3 nitrogen and oxygen atoms in total. The highest BCUT2D eigenvalue weighted by molar-refractivity contribution is 5.74. The topological polar surface area (TPSA) is 40.5 Å². The lowest BCUT2D eigenvalue weighted by atomic mass is 9.69. The predicted molar refractivity (Wildman–Crippen MR) is 53.7 cm³/mol. The fourth-order valence-electron chi connectivity index (χ4n) is 2.59. The Bertz CT molecular complexity index is 219. The maximum atomic E-state index is 11.0. The van der Waals surface area contributed by atoms with Crippen molar-refractivity contribution in [2.24, 2.45) is 17.8 Å². The molecule has 2 fully saturated rings. The average Bonchev–Trinajstić information content (AvgIpc) is 1.95. The summed E-state index contributed by atoms with van der Waals surface area (Å²) in [4.78, 5) is 12.9. The highest BCUT2D eigenvalue weighted by atomic mass is 16.3. The Labute approximate surface area is 85.1 Å². The molecule has 1 amide bonds. The zero-order valence-electron chi connectivity index (χ0n) is 8.78. The monoisotopic (exact) mass is 197 g/mol. The fourth-order valence-corrected chi connectivity index (χ4v) is 2.59. The summed E-state index contributed by atoms with van der Waals surface area (Å²) >= 11 is 0. The molecule has 1 aliphatic carbocycles. The standard InChI is InChI=1S/C11H19NO2/c1-8(14)12-5-10(6-12)11(7-13)9-3-2-4-9/h9-11,13H,2-7H2,1H3. The van der Waals surface area contributed by atoms with E-state index in [0.29, 0.717) is 18.4 Å². The lowest BCUT2D eigenvalue weighted by Crippen LogP contribution is -2.54. The Balaban J connectivity index is 1.81. The van der Waals surface area contributed by atoms with E-state index in [2.05, 4.69) is 0 Å². The highest BCUT2D eigenvalue weighted by Gasteiger charge is 2.39. The van der Waals surface area contributed by atoms with E-state index in [1.165, 1.54) is 19.3 Å². The molecule has 0 aromatic rings. The minimum Gasteiger partial charge on any atom is -0.396 e. The van der Waals surface area contributed by atoms with Gasteiger partial charge >= 0.3 is 0 Å². The van der Waals surface area contributed by atoms with Crippen molar-refractivity contribution in [3.05, 3.63) is 0 Å². The van der Waals surface area contributed by atoms with Crippen molar-refractivity contribution in [2.75, 3.05) is 19.7 Å². The lowest BCUT2D eigenvalue weighted by Gasteiger charge is -2.47. The van der Waals surface area contributed by atoms with Crippen LogP contribution in [0.4, 0.5) is 0 Å². The zero-order chi connectivity index (χ0) is 10.1. The SMILES string of the molecule is CC(=O)N1CC(C(CO)C2CCC2)C1. The van der Waals surface area contributed by atoms with Gasteiger partial charge < -0.3 is 10.0 Å². The molecule has 80 valence electrons.